The minimum Gasteiger partial charge on any atom is -0.460 e. The average Bonchev–Trinajstić information content (AvgIpc) is 3.28. The molecule has 144 valence electrons. The number of furan rings is 1. The third kappa shape index (κ3) is 3.16. The molecule has 0 aromatic carbocycles. The topological polar surface area (TPSA) is 118 Å². The number of halogens is 2. The first-order valence-electron chi connectivity index (χ1n) is 8.20. The van der Waals surface area contributed by atoms with Crippen LogP contribution in [0.15, 0.2) is 34.7 Å². The number of nitrogen functional groups attached to an aromatic ring is 1. The summed E-state index contributed by atoms with van der Waals surface area (Å²) < 4.78 is 38.6. The Hall–Kier alpha value is -3.47. The fraction of sp³-hybridized carbons (Fsp3) is 0.235. The third-order valence-electron chi connectivity index (χ3n) is 4.03. The summed E-state index contributed by atoms with van der Waals surface area (Å²) in [6, 6.07) is 7.76. The molecule has 0 unspecified atom stereocenters. The van der Waals surface area contributed by atoms with Crippen molar-refractivity contribution in [3.05, 3.63) is 47.5 Å². The number of anilines is 1. The number of rotatable bonds is 5. The Morgan fingerprint density at radius 3 is 2.71 bits per heavy atom. The largest absolute Gasteiger partial charge is 0.460 e. The van der Waals surface area contributed by atoms with Crippen LogP contribution in [-0.4, -0.2) is 37.1 Å². The van der Waals surface area contributed by atoms with Gasteiger partial charge in [-0.1, -0.05) is 11.3 Å². The van der Waals surface area contributed by atoms with Crippen LogP contribution >= 0.6 is 0 Å². The molecule has 0 aliphatic carbocycles. The van der Waals surface area contributed by atoms with E-state index in [9.17, 15) is 8.78 Å². The third-order valence-corrected chi connectivity index (χ3v) is 4.03. The molecule has 28 heavy (non-hydrogen) atoms. The van der Waals surface area contributed by atoms with Crippen molar-refractivity contribution in [3.63, 3.8) is 0 Å². The van der Waals surface area contributed by atoms with Gasteiger partial charge in [-0.2, -0.15) is 13.8 Å². The zero-order valence-electron chi connectivity index (χ0n) is 14.9. The highest BCUT2D eigenvalue weighted by Gasteiger charge is 2.33. The molecule has 0 radical (unpaired) electrons. The van der Waals surface area contributed by atoms with Gasteiger partial charge >= 0.3 is 6.11 Å². The highest BCUT2D eigenvalue weighted by atomic mass is 19.3. The summed E-state index contributed by atoms with van der Waals surface area (Å²) in [5, 5.41) is 8.15. The Morgan fingerprint density at radius 2 is 2.00 bits per heavy atom. The van der Waals surface area contributed by atoms with Gasteiger partial charge in [0.2, 0.25) is 5.95 Å². The van der Waals surface area contributed by atoms with Gasteiger partial charge in [0.05, 0.1) is 12.2 Å². The number of nitrogens with two attached hydrogens (primary N) is 1. The van der Waals surface area contributed by atoms with E-state index in [1.54, 1.807) is 25.1 Å². The second kappa shape index (κ2) is 6.60. The van der Waals surface area contributed by atoms with Gasteiger partial charge in [0.1, 0.15) is 17.1 Å². The summed E-state index contributed by atoms with van der Waals surface area (Å²) in [5.41, 5.74) is 6.76. The number of aryl methyl sites for hydroxylation is 1. The normalized spacial score (nSPS) is 12.0. The molecule has 4 rings (SSSR count). The Bertz CT molecular complexity index is 1160. The maximum Gasteiger partial charge on any atom is 0.399 e. The van der Waals surface area contributed by atoms with Crippen molar-refractivity contribution in [2.24, 2.45) is 0 Å². The van der Waals surface area contributed by atoms with Gasteiger partial charge in [-0.25, -0.2) is 14.6 Å². The number of ether oxygens (including phenoxy) is 1. The second-order valence-corrected chi connectivity index (χ2v) is 6.00. The smallest absolute Gasteiger partial charge is 0.399 e. The lowest BCUT2D eigenvalue weighted by Gasteiger charge is -2.13. The Balaban J connectivity index is 1.75. The molecular formula is C17H15F2N7O2. The fourth-order valence-corrected chi connectivity index (χ4v) is 2.70. The molecule has 9 nitrogen and oxygen atoms in total. The average molecular weight is 387 g/mol. The number of hydrogen-bond acceptors (Lipinski definition) is 8. The maximum atomic E-state index is 13.7. The van der Waals surface area contributed by atoms with Crippen LogP contribution in [-0.2, 0) is 17.4 Å². The number of pyridine rings is 1. The summed E-state index contributed by atoms with van der Waals surface area (Å²) in [4.78, 5) is 12.3. The lowest BCUT2D eigenvalue weighted by Crippen LogP contribution is -2.18. The lowest BCUT2D eigenvalue weighted by atomic mass is 10.2. The first kappa shape index (κ1) is 17.9. The Morgan fingerprint density at radius 1 is 1.18 bits per heavy atom. The Labute approximate surface area is 157 Å². The molecular weight excluding hydrogens is 372 g/mol. The molecule has 0 aliphatic rings. The van der Waals surface area contributed by atoms with Crippen LogP contribution < -0.4 is 5.73 Å². The van der Waals surface area contributed by atoms with Gasteiger partial charge in [0, 0.05) is 7.11 Å². The lowest BCUT2D eigenvalue weighted by molar-refractivity contribution is -0.234. The first-order chi connectivity index (χ1) is 13.4. The Kier molecular flexibility index (Phi) is 4.23. The number of alkyl halides is 2. The van der Waals surface area contributed by atoms with Crippen LogP contribution in [0.2, 0.25) is 0 Å². The standard InChI is InChI=1S/C17H15F2N7O2/c1-9-6-7-11(28-9)13-14-15(23-16(20)22-13)26(25-24-14)8-10-4-3-5-12(21-10)17(18,19)27-2/h3-7H,8H2,1-2H3,(H2,20,22,23). The van der Waals surface area contributed by atoms with Crippen LogP contribution in [0.4, 0.5) is 14.7 Å². The van der Waals surface area contributed by atoms with Crippen molar-refractivity contribution in [3.8, 4) is 11.5 Å². The fourth-order valence-electron chi connectivity index (χ4n) is 2.70. The molecule has 4 aromatic heterocycles. The summed E-state index contributed by atoms with van der Waals surface area (Å²) in [6.07, 6.45) is -3.49. The van der Waals surface area contributed by atoms with E-state index in [0.29, 0.717) is 34.1 Å². The monoisotopic (exact) mass is 387 g/mol. The number of nitrogens with zero attached hydrogens (tertiary/aromatic N) is 6. The first-order valence-corrected chi connectivity index (χ1v) is 8.20. The number of hydrogen-bond donors (Lipinski definition) is 1. The van der Waals surface area contributed by atoms with Gasteiger partial charge in [0.25, 0.3) is 0 Å². The summed E-state index contributed by atoms with van der Waals surface area (Å²) in [7, 11) is 0.914. The van der Waals surface area contributed by atoms with Crippen LogP contribution in [0, 0.1) is 6.92 Å². The van der Waals surface area contributed by atoms with E-state index < -0.39 is 11.8 Å². The molecule has 2 N–H and O–H groups in total. The van der Waals surface area contributed by atoms with E-state index in [1.807, 2.05) is 0 Å². The van der Waals surface area contributed by atoms with Crippen LogP contribution in [0.5, 0.6) is 0 Å². The predicted octanol–water partition coefficient (Wildman–Crippen LogP) is 2.51. The molecule has 11 heteroatoms. The summed E-state index contributed by atoms with van der Waals surface area (Å²) in [6.45, 7) is 1.85. The zero-order chi connectivity index (χ0) is 19.9. The van der Waals surface area contributed by atoms with Gasteiger partial charge in [-0.05, 0) is 31.2 Å². The van der Waals surface area contributed by atoms with Crippen molar-refractivity contribution in [2.45, 2.75) is 19.6 Å². The highest BCUT2D eigenvalue weighted by molar-refractivity contribution is 5.86. The van der Waals surface area contributed by atoms with Crippen LogP contribution in [0.25, 0.3) is 22.6 Å². The molecule has 0 fully saturated rings. The van der Waals surface area contributed by atoms with Crippen molar-refractivity contribution >= 4 is 17.1 Å². The van der Waals surface area contributed by atoms with Crippen LogP contribution in [0.1, 0.15) is 17.1 Å². The van der Waals surface area contributed by atoms with E-state index in [1.165, 1.54) is 16.8 Å². The molecule has 0 saturated heterocycles. The predicted molar refractivity (Wildman–Crippen MR) is 94.2 cm³/mol. The van der Waals surface area contributed by atoms with Crippen molar-refractivity contribution in [1.29, 1.82) is 0 Å². The highest BCUT2D eigenvalue weighted by Crippen LogP contribution is 2.28. The van der Waals surface area contributed by atoms with Crippen molar-refractivity contribution in [1.82, 2.24) is 29.9 Å². The molecule has 4 aromatic rings. The molecule has 4 heterocycles. The molecule has 0 saturated carbocycles. The SMILES string of the molecule is COC(F)(F)c1cccc(Cn2nnc3c(-c4ccc(C)o4)nc(N)nc32)n1. The molecule has 0 atom stereocenters. The minimum atomic E-state index is -3.49. The number of fused-ring (bicyclic) bond motifs is 1. The van der Waals surface area contributed by atoms with E-state index >= 15 is 0 Å². The van der Waals surface area contributed by atoms with Crippen molar-refractivity contribution in [2.75, 3.05) is 12.8 Å². The number of aromatic nitrogens is 6. The number of methoxy groups -OCH3 is 1. The van der Waals surface area contributed by atoms with Crippen LogP contribution in [0.3, 0.4) is 0 Å². The molecule has 0 amide bonds. The van der Waals surface area contributed by atoms with E-state index in [2.05, 4.69) is 30.0 Å². The summed E-state index contributed by atoms with van der Waals surface area (Å²) in [5.74, 6) is 1.18. The minimum absolute atomic E-state index is 0.00716. The molecule has 0 bridgehead atoms. The molecule has 0 spiro atoms. The summed E-state index contributed by atoms with van der Waals surface area (Å²) >= 11 is 0. The maximum absolute atomic E-state index is 13.7. The molecule has 0 aliphatic heterocycles. The zero-order valence-corrected chi connectivity index (χ0v) is 14.9. The van der Waals surface area contributed by atoms with E-state index in [0.717, 1.165) is 7.11 Å². The van der Waals surface area contributed by atoms with Gasteiger partial charge in [0.15, 0.2) is 16.9 Å². The van der Waals surface area contributed by atoms with Gasteiger partial charge < -0.3 is 14.9 Å². The quantitative estimate of drug-likeness (QED) is 0.555. The van der Waals surface area contributed by atoms with E-state index in [4.69, 9.17) is 10.2 Å². The van der Waals surface area contributed by atoms with Gasteiger partial charge in [-0.3, -0.25) is 0 Å². The van der Waals surface area contributed by atoms with Crippen molar-refractivity contribution < 1.29 is 17.9 Å². The van der Waals surface area contributed by atoms with Gasteiger partial charge in [-0.15, -0.1) is 5.10 Å². The van der Waals surface area contributed by atoms with E-state index in [-0.39, 0.29) is 12.5 Å². The second-order valence-electron chi connectivity index (χ2n) is 6.00.